The topological polar surface area (TPSA) is 67.9 Å². The molecule has 2 heterocycles. The van der Waals surface area contributed by atoms with E-state index in [0.29, 0.717) is 24.6 Å². The van der Waals surface area contributed by atoms with Crippen molar-refractivity contribution < 1.29 is 19.1 Å². The van der Waals surface area contributed by atoms with Crippen LogP contribution in [0.5, 0.6) is 11.5 Å². The van der Waals surface area contributed by atoms with Crippen LogP contribution in [0, 0.1) is 5.92 Å². The molecule has 0 spiro atoms. The maximum atomic E-state index is 12.5. The van der Waals surface area contributed by atoms with Crippen LogP contribution in [0.4, 0.5) is 5.69 Å². The number of fused-ring (bicyclic) bond motifs is 1. The van der Waals surface area contributed by atoms with Gasteiger partial charge in [0, 0.05) is 29.7 Å². The van der Waals surface area contributed by atoms with E-state index in [1.54, 1.807) is 4.90 Å². The molecule has 0 saturated carbocycles. The maximum Gasteiger partial charge on any atom is 0.231 e. The number of hydrogen-bond donors (Lipinski definition) is 1. The third-order valence-electron chi connectivity index (χ3n) is 4.54. The van der Waals surface area contributed by atoms with E-state index in [-0.39, 0.29) is 30.9 Å². The summed E-state index contributed by atoms with van der Waals surface area (Å²) in [5.74, 6) is 0.909. The highest BCUT2D eigenvalue weighted by Crippen LogP contribution is 2.32. The van der Waals surface area contributed by atoms with Crippen LogP contribution in [-0.2, 0) is 16.1 Å². The molecule has 0 radical (unpaired) electrons. The van der Waals surface area contributed by atoms with E-state index in [4.69, 9.17) is 9.47 Å². The fourth-order valence-electron chi connectivity index (χ4n) is 3.14. The first-order chi connectivity index (χ1) is 12.6. The first kappa shape index (κ1) is 16.9. The first-order valence-corrected chi connectivity index (χ1v) is 9.11. The zero-order valence-electron chi connectivity index (χ0n) is 13.9. The Labute approximate surface area is 159 Å². The summed E-state index contributed by atoms with van der Waals surface area (Å²) in [6.07, 6.45) is 0.225. The van der Waals surface area contributed by atoms with Gasteiger partial charge in [-0.05, 0) is 42.0 Å². The van der Waals surface area contributed by atoms with Gasteiger partial charge in [0.2, 0.25) is 18.6 Å². The zero-order chi connectivity index (χ0) is 18.1. The molecule has 7 heteroatoms. The van der Waals surface area contributed by atoms with E-state index >= 15 is 0 Å². The summed E-state index contributed by atoms with van der Waals surface area (Å²) in [5.41, 5.74) is 1.74. The number of nitrogens with one attached hydrogen (secondary N) is 1. The van der Waals surface area contributed by atoms with Crippen molar-refractivity contribution in [2.24, 2.45) is 5.92 Å². The van der Waals surface area contributed by atoms with Gasteiger partial charge < -0.3 is 19.7 Å². The smallest absolute Gasteiger partial charge is 0.231 e. The Hall–Kier alpha value is -2.54. The molecule has 1 atom stereocenters. The Kier molecular flexibility index (Phi) is 4.55. The number of nitrogens with zero attached hydrogens (tertiary/aromatic N) is 1. The Balaban J connectivity index is 1.36. The van der Waals surface area contributed by atoms with Crippen molar-refractivity contribution in [2.75, 3.05) is 18.2 Å². The molecule has 0 aromatic heterocycles. The zero-order valence-corrected chi connectivity index (χ0v) is 15.5. The van der Waals surface area contributed by atoms with Crippen LogP contribution in [0.2, 0.25) is 0 Å². The summed E-state index contributed by atoms with van der Waals surface area (Å²) in [5, 5.41) is 2.91. The highest BCUT2D eigenvalue weighted by atomic mass is 79.9. The molecule has 1 N–H and O–H groups in total. The van der Waals surface area contributed by atoms with Gasteiger partial charge in [0.05, 0.1) is 5.92 Å². The third kappa shape index (κ3) is 3.39. The second-order valence-corrected chi connectivity index (χ2v) is 7.20. The van der Waals surface area contributed by atoms with Crippen molar-refractivity contribution in [3.8, 4) is 11.5 Å². The molecule has 26 heavy (non-hydrogen) atoms. The number of anilines is 1. The number of rotatable bonds is 4. The predicted octanol–water partition coefficient (Wildman–Crippen LogP) is 2.85. The summed E-state index contributed by atoms with van der Waals surface area (Å²) in [6, 6.07) is 13.1. The van der Waals surface area contributed by atoms with E-state index < -0.39 is 0 Å². The molecule has 0 aliphatic carbocycles. The summed E-state index contributed by atoms with van der Waals surface area (Å²) >= 11 is 3.38. The first-order valence-electron chi connectivity index (χ1n) is 8.32. The molecule has 2 aromatic carbocycles. The average Bonchev–Trinajstić information content (AvgIpc) is 3.26. The van der Waals surface area contributed by atoms with Gasteiger partial charge in [-0.2, -0.15) is 0 Å². The van der Waals surface area contributed by atoms with Gasteiger partial charge in [0.25, 0.3) is 0 Å². The highest BCUT2D eigenvalue weighted by molar-refractivity contribution is 9.10. The second-order valence-electron chi connectivity index (χ2n) is 6.29. The monoisotopic (exact) mass is 416 g/mol. The fourth-order valence-corrected chi connectivity index (χ4v) is 3.40. The molecule has 6 nitrogen and oxygen atoms in total. The van der Waals surface area contributed by atoms with Crippen molar-refractivity contribution in [3.05, 3.63) is 52.5 Å². The Morgan fingerprint density at radius 3 is 2.73 bits per heavy atom. The van der Waals surface area contributed by atoms with Crippen LogP contribution in [0.1, 0.15) is 12.0 Å². The van der Waals surface area contributed by atoms with Gasteiger partial charge in [0.1, 0.15) is 0 Å². The van der Waals surface area contributed by atoms with Gasteiger partial charge in [0.15, 0.2) is 11.5 Å². The summed E-state index contributed by atoms with van der Waals surface area (Å²) < 4.78 is 11.6. The van der Waals surface area contributed by atoms with E-state index in [1.807, 2.05) is 42.5 Å². The van der Waals surface area contributed by atoms with Crippen LogP contribution in [0.15, 0.2) is 46.9 Å². The minimum Gasteiger partial charge on any atom is -0.454 e. The van der Waals surface area contributed by atoms with Crippen LogP contribution in [0.25, 0.3) is 0 Å². The number of hydrogen-bond acceptors (Lipinski definition) is 4. The van der Waals surface area contributed by atoms with Gasteiger partial charge in [-0.15, -0.1) is 0 Å². The lowest BCUT2D eigenvalue weighted by Gasteiger charge is -2.17. The third-order valence-corrected chi connectivity index (χ3v) is 5.07. The molecule has 1 fully saturated rings. The molecule has 134 valence electrons. The fraction of sp³-hybridized carbons (Fsp3) is 0.263. The summed E-state index contributed by atoms with van der Waals surface area (Å²) in [6.45, 7) is 1.01. The number of carbonyl (C=O) groups excluding carboxylic acids is 2. The lowest BCUT2D eigenvalue weighted by molar-refractivity contribution is -0.126. The lowest BCUT2D eigenvalue weighted by atomic mass is 10.1. The predicted molar refractivity (Wildman–Crippen MR) is 99.0 cm³/mol. The molecular weight excluding hydrogens is 400 g/mol. The summed E-state index contributed by atoms with van der Waals surface area (Å²) in [4.78, 5) is 26.4. The van der Waals surface area contributed by atoms with Gasteiger partial charge >= 0.3 is 0 Å². The van der Waals surface area contributed by atoms with E-state index in [2.05, 4.69) is 21.2 Å². The van der Waals surface area contributed by atoms with Crippen molar-refractivity contribution >= 4 is 33.4 Å². The molecule has 1 saturated heterocycles. The highest BCUT2D eigenvalue weighted by Gasteiger charge is 2.35. The van der Waals surface area contributed by atoms with Gasteiger partial charge in [-0.3, -0.25) is 9.59 Å². The number of amides is 2. The molecule has 0 unspecified atom stereocenters. The van der Waals surface area contributed by atoms with Crippen LogP contribution in [-0.4, -0.2) is 25.2 Å². The number of halogens is 1. The van der Waals surface area contributed by atoms with Gasteiger partial charge in [-0.1, -0.05) is 22.0 Å². The van der Waals surface area contributed by atoms with Crippen molar-refractivity contribution in [2.45, 2.75) is 13.0 Å². The second kappa shape index (κ2) is 6.99. The largest absolute Gasteiger partial charge is 0.454 e. The maximum absolute atomic E-state index is 12.5. The van der Waals surface area contributed by atoms with E-state index in [0.717, 1.165) is 15.7 Å². The molecular formula is C19H17BrN2O4. The lowest BCUT2D eigenvalue weighted by Crippen LogP contribution is -2.32. The number of ether oxygens (including phenoxy) is 2. The Morgan fingerprint density at radius 2 is 1.92 bits per heavy atom. The summed E-state index contributed by atoms with van der Waals surface area (Å²) in [7, 11) is 0. The quantitative estimate of drug-likeness (QED) is 0.831. The van der Waals surface area contributed by atoms with Crippen LogP contribution in [0.3, 0.4) is 0 Å². The standard InChI is InChI=1S/C19H17BrN2O4/c20-14-2-4-15(5-3-14)22-10-13(8-18(22)23)19(24)21-9-12-1-6-16-17(7-12)26-11-25-16/h1-7,13H,8-11H2,(H,21,24)/t13-/m0/s1. The molecule has 0 bridgehead atoms. The van der Waals surface area contributed by atoms with Crippen molar-refractivity contribution in [1.29, 1.82) is 0 Å². The van der Waals surface area contributed by atoms with E-state index in [1.165, 1.54) is 0 Å². The minimum absolute atomic E-state index is 0.0319. The average molecular weight is 417 g/mol. The van der Waals surface area contributed by atoms with E-state index in [9.17, 15) is 9.59 Å². The van der Waals surface area contributed by atoms with Crippen LogP contribution >= 0.6 is 15.9 Å². The molecule has 2 aromatic rings. The molecule has 2 aliphatic rings. The Bertz CT molecular complexity index is 853. The number of benzene rings is 2. The number of carbonyl (C=O) groups is 2. The van der Waals surface area contributed by atoms with Gasteiger partial charge in [-0.25, -0.2) is 0 Å². The Morgan fingerprint density at radius 1 is 1.15 bits per heavy atom. The molecule has 4 rings (SSSR count). The van der Waals surface area contributed by atoms with Crippen molar-refractivity contribution in [3.63, 3.8) is 0 Å². The van der Waals surface area contributed by atoms with Crippen molar-refractivity contribution in [1.82, 2.24) is 5.32 Å². The SMILES string of the molecule is O=C(NCc1ccc2c(c1)OCO2)[C@H]1CC(=O)N(c2ccc(Br)cc2)C1. The molecule has 2 amide bonds. The normalized spacial score (nSPS) is 18.3. The van der Waals surface area contributed by atoms with Crippen LogP contribution < -0.4 is 19.7 Å². The minimum atomic E-state index is -0.347. The molecule has 2 aliphatic heterocycles.